The zero-order valence-electron chi connectivity index (χ0n) is 9.42. The van der Waals surface area contributed by atoms with Crippen LogP contribution in [0.2, 0.25) is 0 Å². The Morgan fingerprint density at radius 3 is 2.59 bits per heavy atom. The van der Waals surface area contributed by atoms with Gasteiger partial charge < -0.3 is 14.7 Å². The molecule has 0 spiro atoms. The summed E-state index contributed by atoms with van der Waals surface area (Å²) in [6, 6.07) is 6.41. The summed E-state index contributed by atoms with van der Waals surface area (Å²) < 4.78 is 5.22. The molecule has 1 saturated heterocycles. The molecule has 1 heterocycles. The third kappa shape index (κ3) is 2.38. The van der Waals surface area contributed by atoms with Gasteiger partial charge in [0.25, 0.3) is 0 Å². The Morgan fingerprint density at radius 2 is 2.06 bits per heavy atom. The lowest BCUT2D eigenvalue weighted by Gasteiger charge is -2.29. The predicted octanol–water partition coefficient (Wildman–Crippen LogP) is 1.90. The van der Waals surface area contributed by atoms with Crippen molar-refractivity contribution in [3.05, 3.63) is 35.4 Å². The normalized spacial score (nSPS) is 19.9. The molecule has 17 heavy (non-hydrogen) atoms. The highest BCUT2D eigenvalue weighted by Gasteiger charge is 2.25. The van der Waals surface area contributed by atoms with Gasteiger partial charge >= 0.3 is 12.1 Å². The summed E-state index contributed by atoms with van der Waals surface area (Å²) in [5.41, 5.74) is 1.06. The maximum atomic E-state index is 11.4. The van der Waals surface area contributed by atoms with Crippen LogP contribution in [0.1, 0.15) is 28.4 Å². The van der Waals surface area contributed by atoms with Gasteiger partial charge in [0.1, 0.15) is 6.10 Å². The van der Waals surface area contributed by atoms with Crippen molar-refractivity contribution >= 4 is 12.1 Å². The molecule has 0 saturated carbocycles. The van der Waals surface area contributed by atoms with Crippen molar-refractivity contribution in [3.8, 4) is 0 Å². The molecule has 90 valence electrons. The fourth-order valence-electron chi connectivity index (χ4n) is 1.75. The summed E-state index contributed by atoms with van der Waals surface area (Å²) in [7, 11) is 1.69. The zero-order valence-corrected chi connectivity index (χ0v) is 9.42. The van der Waals surface area contributed by atoms with E-state index in [1.54, 1.807) is 19.2 Å². The molecule has 0 bridgehead atoms. The maximum absolute atomic E-state index is 11.4. The van der Waals surface area contributed by atoms with Gasteiger partial charge in [0.05, 0.1) is 5.56 Å². The second-order valence-electron chi connectivity index (χ2n) is 4.01. The molecule has 2 rings (SSSR count). The molecule has 0 aliphatic carbocycles. The van der Waals surface area contributed by atoms with Crippen molar-refractivity contribution < 1.29 is 19.4 Å². The Balaban J connectivity index is 2.13. The van der Waals surface area contributed by atoms with Crippen molar-refractivity contribution in [2.24, 2.45) is 0 Å². The highest BCUT2D eigenvalue weighted by Crippen LogP contribution is 2.26. The van der Waals surface area contributed by atoms with Gasteiger partial charge in [0.15, 0.2) is 0 Å². The third-order valence-corrected chi connectivity index (χ3v) is 2.81. The average molecular weight is 235 g/mol. The molecule has 1 aliphatic heterocycles. The summed E-state index contributed by atoms with van der Waals surface area (Å²) >= 11 is 0. The number of carboxylic acid groups (broad SMARTS) is 1. The molecule has 0 aromatic heterocycles. The molecule has 1 aromatic rings. The van der Waals surface area contributed by atoms with Crippen LogP contribution >= 0.6 is 0 Å². The van der Waals surface area contributed by atoms with Crippen molar-refractivity contribution in [1.29, 1.82) is 0 Å². The first-order valence-electron chi connectivity index (χ1n) is 5.33. The number of carbonyl (C=O) groups is 2. The first-order chi connectivity index (χ1) is 8.08. The Kier molecular flexibility index (Phi) is 2.99. The van der Waals surface area contributed by atoms with Gasteiger partial charge in [-0.1, -0.05) is 12.1 Å². The summed E-state index contributed by atoms with van der Waals surface area (Å²) in [6.07, 6.45) is 0.0967. The van der Waals surface area contributed by atoms with E-state index in [1.165, 1.54) is 17.0 Å². The largest absolute Gasteiger partial charge is 0.478 e. The number of ether oxygens (including phenoxy) is 1. The van der Waals surface area contributed by atoms with E-state index >= 15 is 0 Å². The second kappa shape index (κ2) is 4.45. The number of carbonyl (C=O) groups excluding carboxylic acids is 1. The Labute approximate surface area is 98.6 Å². The fourth-order valence-corrected chi connectivity index (χ4v) is 1.75. The predicted molar refractivity (Wildman–Crippen MR) is 59.9 cm³/mol. The van der Waals surface area contributed by atoms with Crippen LogP contribution in [0.3, 0.4) is 0 Å². The van der Waals surface area contributed by atoms with Crippen LogP contribution in [0.25, 0.3) is 0 Å². The number of nitrogens with zero attached hydrogens (tertiary/aromatic N) is 1. The van der Waals surface area contributed by atoms with Gasteiger partial charge in [0.2, 0.25) is 0 Å². The molecule has 5 heteroatoms. The lowest BCUT2D eigenvalue weighted by molar-refractivity contribution is 0.0323. The first-order valence-corrected chi connectivity index (χ1v) is 5.33. The molecule has 1 atom stereocenters. The number of hydrogen-bond acceptors (Lipinski definition) is 3. The number of cyclic esters (lactones) is 1. The minimum atomic E-state index is -0.961. The average Bonchev–Trinajstić information content (AvgIpc) is 2.33. The van der Waals surface area contributed by atoms with Crippen molar-refractivity contribution in [1.82, 2.24) is 4.90 Å². The summed E-state index contributed by atoms with van der Waals surface area (Å²) in [5.74, 6) is -0.961. The number of aromatic carboxylic acids is 1. The van der Waals surface area contributed by atoms with Crippen LogP contribution < -0.4 is 0 Å². The summed E-state index contributed by atoms with van der Waals surface area (Å²) in [6.45, 7) is 0.643. The first kappa shape index (κ1) is 11.4. The smallest absolute Gasteiger partial charge is 0.410 e. The molecular weight excluding hydrogens is 222 g/mol. The van der Waals surface area contributed by atoms with Crippen molar-refractivity contribution in [2.75, 3.05) is 13.6 Å². The van der Waals surface area contributed by atoms with Gasteiger partial charge in [-0.2, -0.15) is 0 Å². The minimum absolute atomic E-state index is 0.230. The number of benzene rings is 1. The van der Waals surface area contributed by atoms with E-state index in [0.717, 1.165) is 5.56 Å². The lowest BCUT2D eigenvalue weighted by Crippen LogP contribution is -2.35. The van der Waals surface area contributed by atoms with Crippen LogP contribution in [-0.2, 0) is 4.74 Å². The Morgan fingerprint density at radius 1 is 1.41 bits per heavy atom. The minimum Gasteiger partial charge on any atom is -0.478 e. The topological polar surface area (TPSA) is 66.8 Å². The van der Waals surface area contributed by atoms with Gasteiger partial charge in [-0.15, -0.1) is 0 Å². The van der Waals surface area contributed by atoms with E-state index in [9.17, 15) is 9.59 Å². The van der Waals surface area contributed by atoms with Crippen LogP contribution in [0.15, 0.2) is 24.3 Å². The standard InChI is InChI=1S/C12H13NO4/c1-13-7-6-10(17-12(13)16)8-2-4-9(5-3-8)11(14)15/h2-5,10H,6-7H2,1H3,(H,14,15). The van der Waals surface area contributed by atoms with E-state index in [-0.39, 0.29) is 17.8 Å². The van der Waals surface area contributed by atoms with Crippen molar-refractivity contribution in [3.63, 3.8) is 0 Å². The van der Waals surface area contributed by atoms with E-state index in [4.69, 9.17) is 9.84 Å². The molecule has 1 fully saturated rings. The molecule has 1 amide bonds. The van der Waals surface area contributed by atoms with E-state index in [0.29, 0.717) is 13.0 Å². The Bertz CT molecular complexity index is 440. The van der Waals surface area contributed by atoms with Gasteiger partial charge in [-0.3, -0.25) is 0 Å². The van der Waals surface area contributed by atoms with Gasteiger partial charge in [0, 0.05) is 20.0 Å². The molecule has 1 N–H and O–H groups in total. The number of hydrogen-bond donors (Lipinski definition) is 1. The van der Waals surface area contributed by atoms with E-state index < -0.39 is 5.97 Å². The van der Waals surface area contributed by atoms with Crippen LogP contribution in [0, 0.1) is 0 Å². The van der Waals surface area contributed by atoms with E-state index in [2.05, 4.69) is 0 Å². The molecule has 1 aliphatic rings. The number of carboxylic acids is 1. The summed E-state index contributed by atoms with van der Waals surface area (Å²) in [4.78, 5) is 23.6. The SMILES string of the molecule is CN1CCC(c2ccc(C(=O)O)cc2)OC1=O. The molecule has 1 unspecified atom stereocenters. The quantitative estimate of drug-likeness (QED) is 0.850. The number of amides is 1. The summed E-state index contributed by atoms with van der Waals surface area (Å²) in [5, 5.41) is 8.77. The third-order valence-electron chi connectivity index (χ3n) is 2.81. The van der Waals surface area contributed by atoms with Crippen molar-refractivity contribution in [2.45, 2.75) is 12.5 Å². The highest BCUT2D eigenvalue weighted by atomic mass is 16.6. The Hall–Kier alpha value is -2.04. The fraction of sp³-hybridized carbons (Fsp3) is 0.333. The molecule has 5 nitrogen and oxygen atoms in total. The van der Waals surface area contributed by atoms with E-state index in [1.807, 2.05) is 0 Å². The molecule has 0 radical (unpaired) electrons. The molecular formula is C12H13NO4. The zero-order chi connectivity index (χ0) is 12.4. The van der Waals surface area contributed by atoms with Crippen LogP contribution in [0.4, 0.5) is 4.79 Å². The molecule has 1 aromatic carbocycles. The van der Waals surface area contributed by atoms with Crippen LogP contribution in [0.5, 0.6) is 0 Å². The van der Waals surface area contributed by atoms with Gasteiger partial charge in [-0.05, 0) is 17.7 Å². The highest BCUT2D eigenvalue weighted by molar-refractivity contribution is 5.87. The van der Waals surface area contributed by atoms with Crippen LogP contribution in [-0.4, -0.2) is 35.7 Å². The lowest BCUT2D eigenvalue weighted by atomic mass is 10.0. The monoisotopic (exact) mass is 235 g/mol. The number of rotatable bonds is 2. The van der Waals surface area contributed by atoms with Gasteiger partial charge in [-0.25, -0.2) is 9.59 Å². The maximum Gasteiger partial charge on any atom is 0.410 e. The second-order valence-corrected chi connectivity index (χ2v) is 4.01.